The summed E-state index contributed by atoms with van der Waals surface area (Å²) in [6.45, 7) is 0.288. The van der Waals surface area contributed by atoms with E-state index in [-0.39, 0.29) is 23.5 Å². The number of halogens is 1. The van der Waals surface area contributed by atoms with E-state index in [0.29, 0.717) is 11.1 Å². The van der Waals surface area contributed by atoms with Crippen LogP contribution < -0.4 is 5.56 Å². The van der Waals surface area contributed by atoms with Gasteiger partial charge in [-0.2, -0.15) is 0 Å². The van der Waals surface area contributed by atoms with E-state index in [1.807, 2.05) is 29.6 Å². The van der Waals surface area contributed by atoms with Crippen molar-refractivity contribution in [3.63, 3.8) is 0 Å². The maximum Gasteiger partial charge on any atom is 0.297 e. The lowest BCUT2D eigenvalue weighted by Gasteiger charge is -2.02. The smallest absolute Gasteiger partial charge is 0.297 e. The van der Waals surface area contributed by atoms with Gasteiger partial charge in [0.1, 0.15) is 21.9 Å². The van der Waals surface area contributed by atoms with Crippen LogP contribution in [0.25, 0.3) is 32.6 Å². The molecular formula is C20H12FN3O2S. The molecule has 2 aromatic carbocycles. The summed E-state index contributed by atoms with van der Waals surface area (Å²) in [5.74, 6) is -0.285. The zero-order valence-corrected chi connectivity index (χ0v) is 14.7. The summed E-state index contributed by atoms with van der Waals surface area (Å²) in [5.41, 5.74) is 2.78. The number of benzene rings is 2. The lowest BCUT2D eigenvalue weighted by atomic mass is 10.2. The third-order valence-electron chi connectivity index (χ3n) is 4.33. The zero-order valence-electron chi connectivity index (χ0n) is 13.9. The Balaban J connectivity index is 1.51. The summed E-state index contributed by atoms with van der Waals surface area (Å²) in [6.07, 6.45) is 1.52. The largest absolute Gasteiger partial charge is 0.448 e. The van der Waals surface area contributed by atoms with Crippen LogP contribution in [-0.2, 0) is 6.54 Å². The molecule has 0 atom stereocenters. The van der Waals surface area contributed by atoms with Crippen LogP contribution in [0.2, 0.25) is 0 Å². The van der Waals surface area contributed by atoms with Gasteiger partial charge in [0.05, 0.1) is 18.6 Å². The predicted octanol–water partition coefficient (Wildman–Crippen LogP) is 4.45. The van der Waals surface area contributed by atoms with E-state index in [2.05, 4.69) is 9.97 Å². The normalized spacial score (nSPS) is 11.4. The molecule has 0 fully saturated rings. The maximum atomic E-state index is 13.1. The van der Waals surface area contributed by atoms with Crippen LogP contribution >= 0.6 is 11.3 Å². The minimum atomic E-state index is -0.285. The molecule has 0 N–H and O–H groups in total. The van der Waals surface area contributed by atoms with Gasteiger partial charge in [0.15, 0.2) is 0 Å². The van der Waals surface area contributed by atoms with Gasteiger partial charge in [-0.1, -0.05) is 12.1 Å². The quantitative estimate of drug-likeness (QED) is 0.466. The average molecular weight is 377 g/mol. The number of furan rings is 1. The van der Waals surface area contributed by atoms with Crippen LogP contribution in [0.15, 0.2) is 69.5 Å². The van der Waals surface area contributed by atoms with Crippen LogP contribution in [0.3, 0.4) is 0 Å². The lowest BCUT2D eigenvalue weighted by Crippen LogP contribution is -2.20. The molecule has 3 aromatic heterocycles. The van der Waals surface area contributed by atoms with Gasteiger partial charge in [0, 0.05) is 16.3 Å². The monoisotopic (exact) mass is 377 g/mol. The van der Waals surface area contributed by atoms with Gasteiger partial charge in [-0.15, -0.1) is 11.3 Å². The topological polar surface area (TPSA) is 60.9 Å². The van der Waals surface area contributed by atoms with Crippen LogP contribution in [0.5, 0.6) is 0 Å². The summed E-state index contributed by atoms with van der Waals surface area (Å²) in [5, 5.41) is 3.48. The Morgan fingerprint density at radius 3 is 2.78 bits per heavy atom. The highest BCUT2D eigenvalue weighted by Crippen LogP contribution is 2.25. The van der Waals surface area contributed by atoms with E-state index in [9.17, 15) is 9.18 Å². The number of thiazole rings is 1. The number of para-hydroxylation sites is 1. The number of rotatable bonds is 3. The summed E-state index contributed by atoms with van der Waals surface area (Å²) in [7, 11) is 0. The molecule has 132 valence electrons. The molecule has 5 aromatic rings. The third kappa shape index (κ3) is 2.72. The minimum Gasteiger partial charge on any atom is -0.448 e. The SMILES string of the molecule is O=c1c2oc3ccccc3c2ncn1Cc1csc(-c2ccc(F)cc2)n1. The van der Waals surface area contributed by atoms with Gasteiger partial charge >= 0.3 is 0 Å². The first-order valence-corrected chi connectivity index (χ1v) is 9.14. The molecule has 7 heteroatoms. The van der Waals surface area contributed by atoms with Gasteiger partial charge < -0.3 is 4.42 Å². The van der Waals surface area contributed by atoms with Crippen molar-refractivity contribution in [2.24, 2.45) is 0 Å². The second-order valence-electron chi connectivity index (χ2n) is 6.10. The molecule has 0 aliphatic heterocycles. The van der Waals surface area contributed by atoms with Crippen molar-refractivity contribution in [2.75, 3.05) is 0 Å². The van der Waals surface area contributed by atoms with Gasteiger partial charge in [0.2, 0.25) is 5.58 Å². The number of fused-ring (bicyclic) bond motifs is 3. The zero-order chi connectivity index (χ0) is 18.4. The fourth-order valence-electron chi connectivity index (χ4n) is 3.01. The highest BCUT2D eigenvalue weighted by atomic mass is 32.1. The second kappa shape index (κ2) is 6.14. The fourth-order valence-corrected chi connectivity index (χ4v) is 3.82. The summed E-state index contributed by atoms with van der Waals surface area (Å²) in [6, 6.07) is 13.6. The second-order valence-corrected chi connectivity index (χ2v) is 6.96. The highest BCUT2D eigenvalue weighted by Gasteiger charge is 2.14. The van der Waals surface area contributed by atoms with Crippen molar-refractivity contribution in [3.8, 4) is 10.6 Å². The van der Waals surface area contributed by atoms with E-state index in [0.717, 1.165) is 21.7 Å². The Labute approximate surface area is 156 Å². The Morgan fingerprint density at radius 1 is 1.11 bits per heavy atom. The number of hydrogen-bond donors (Lipinski definition) is 0. The molecule has 0 bridgehead atoms. The average Bonchev–Trinajstić information content (AvgIpc) is 3.30. The van der Waals surface area contributed by atoms with Crippen LogP contribution in [0.1, 0.15) is 5.69 Å². The Hall–Kier alpha value is -3.32. The van der Waals surface area contributed by atoms with Gasteiger partial charge in [0.25, 0.3) is 5.56 Å². The molecule has 27 heavy (non-hydrogen) atoms. The Kier molecular flexibility index (Phi) is 3.61. The minimum absolute atomic E-state index is 0.243. The van der Waals surface area contributed by atoms with E-state index in [1.165, 1.54) is 34.4 Å². The maximum absolute atomic E-state index is 13.1. The molecule has 0 saturated heterocycles. The standard InChI is InChI=1S/C20H12FN3O2S/c21-13-7-5-12(6-8-13)19-23-14(10-27-19)9-24-11-22-17-15-3-1-2-4-16(15)26-18(17)20(24)25/h1-8,10-11H,9H2. The Morgan fingerprint density at radius 2 is 1.93 bits per heavy atom. The van der Waals surface area contributed by atoms with E-state index in [4.69, 9.17) is 4.42 Å². The van der Waals surface area contributed by atoms with E-state index in [1.54, 1.807) is 12.1 Å². The first-order chi connectivity index (χ1) is 13.2. The summed E-state index contributed by atoms with van der Waals surface area (Å²) < 4.78 is 20.3. The van der Waals surface area contributed by atoms with Crippen LogP contribution in [-0.4, -0.2) is 14.5 Å². The molecular weight excluding hydrogens is 365 g/mol. The molecule has 0 radical (unpaired) electrons. The lowest BCUT2D eigenvalue weighted by molar-refractivity contribution is 0.628. The van der Waals surface area contributed by atoms with Crippen molar-refractivity contribution in [3.05, 3.63) is 82.1 Å². The molecule has 0 unspecified atom stereocenters. The van der Waals surface area contributed by atoms with Crippen molar-refractivity contribution in [1.29, 1.82) is 0 Å². The van der Waals surface area contributed by atoms with Gasteiger partial charge in [-0.3, -0.25) is 9.36 Å². The molecule has 5 nitrogen and oxygen atoms in total. The Bertz CT molecular complexity index is 1340. The third-order valence-corrected chi connectivity index (χ3v) is 5.27. The first kappa shape index (κ1) is 15.9. The fraction of sp³-hybridized carbons (Fsp3) is 0.0500. The molecule has 3 heterocycles. The van der Waals surface area contributed by atoms with Crippen molar-refractivity contribution in [2.45, 2.75) is 6.54 Å². The molecule has 0 aliphatic rings. The number of aromatic nitrogens is 3. The van der Waals surface area contributed by atoms with E-state index < -0.39 is 0 Å². The van der Waals surface area contributed by atoms with Crippen molar-refractivity contribution < 1.29 is 8.81 Å². The molecule has 0 spiro atoms. The van der Waals surface area contributed by atoms with Crippen molar-refractivity contribution >= 4 is 33.4 Å². The molecule has 0 saturated carbocycles. The van der Waals surface area contributed by atoms with Crippen LogP contribution in [0.4, 0.5) is 4.39 Å². The summed E-state index contributed by atoms with van der Waals surface area (Å²) >= 11 is 1.45. The van der Waals surface area contributed by atoms with Crippen LogP contribution in [0, 0.1) is 5.82 Å². The van der Waals surface area contributed by atoms with Crippen molar-refractivity contribution in [1.82, 2.24) is 14.5 Å². The first-order valence-electron chi connectivity index (χ1n) is 8.26. The molecule has 0 aliphatic carbocycles. The number of nitrogens with zero attached hydrogens (tertiary/aromatic N) is 3. The predicted molar refractivity (Wildman–Crippen MR) is 102 cm³/mol. The molecule has 5 rings (SSSR count). The van der Waals surface area contributed by atoms with E-state index >= 15 is 0 Å². The van der Waals surface area contributed by atoms with Gasteiger partial charge in [-0.05, 0) is 36.4 Å². The van der Waals surface area contributed by atoms with Gasteiger partial charge in [-0.25, -0.2) is 14.4 Å². The number of hydrogen-bond acceptors (Lipinski definition) is 5. The molecule has 0 amide bonds. The highest BCUT2D eigenvalue weighted by molar-refractivity contribution is 7.13. The summed E-state index contributed by atoms with van der Waals surface area (Å²) in [4.78, 5) is 21.7.